The molecular weight excluding hydrogens is 228 g/mol. The standard InChI is InChI=1S/C13H16N4O/c1-17-15-13(14-16-17)8-12(18)11-7-6-9-4-2-3-5-10(9)11/h2-5,11-12,18H,6-8H2,1H3. The Morgan fingerprint density at radius 2 is 2.28 bits per heavy atom. The normalized spacial score (nSPS) is 19.8. The number of aromatic nitrogens is 4. The fourth-order valence-corrected chi connectivity index (χ4v) is 2.72. The van der Waals surface area contributed by atoms with Gasteiger partial charge >= 0.3 is 0 Å². The lowest BCUT2D eigenvalue weighted by molar-refractivity contribution is 0.140. The third-order valence-electron chi connectivity index (χ3n) is 3.59. The van der Waals surface area contributed by atoms with Crippen LogP contribution in [0.4, 0.5) is 0 Å². The van der Waals surface area contributed by atoms with Crippen molar-refractivity contribution in [3.05, 3.63) is 41.2 Å². The van der Waals surface area contributed by atoms with Crippen LogP contribution in [0.15, 0.2) is 24.3 Å². The summed E-state index contributed by atoms with van der Waals surface area (Å²) in [5.74, 6) is 0.805. The van der Waals surface area contributed by atoms with E-state index in [4.69, 9.17) is 0 Å². The Morgan fingerprint density at radius 1 is 1.44 bits per heavy atom. The van der Waals surface area contributed by atoms with Gasteiger partial charge in [0.1, 0.15) is 0 Å². The molecule has 2 aromatic rings. The number of hydrogen-bond donors (Lipinski definition) is 1. The summed E-state index contributed by atoms with van der Waals surface area (Å²) in [6.07, 6.45) is 2.08. The number of tetrazole rings is 1. The molecule has 1 aromatic heterocycles. The molecule has 0 saturated heterocycles. The zero-order valence-corrected chi connectivity index (χ0v) is 10.3. The SMILES string of the molecule is Cn1nnc(CC(O)C2CCc3ccccc32)n1. The van der Waals surface area contributed by atoms with Crippen LogP contribution in [0.2, 0.25) is 0 Å². The van der Waals surface area contributed by atoms with E-state index < -0.39 is 6.10 Å². The molecule has 1 N–H and O–H groups in total. The molecule has 5 heteroatoms. The van der Waals surface area contributed by atoms with Crippen LogP contribution in [-0.2, 0) is 19.9 Å². The predicted octanol–water partition coefficient (Wildman–Crippen LogP) is 0.843. The molecule has 0 radical (unpaired) electrons. The number of hydrogen-bond acceptors (Lipinski definition) is 4. The van der Waals surface area contributed by atoms with Gasteiger partial charge in [-0.25, -0.2) is 0 Å². The number of benzene rings is 1. The molecule has 2 unspecified atom stereocenters. The van der Waals surface area contributed by atoms with Crippen molar-refractivity contribution in [2.45, 2.75) is 31.3 Å². The fraction of sp³-hybridized carbons (Fsp3) is 0.462. The summed E-state index contributed by atoms with van der Waals surface area (Å²) in [4.78, 5) is 1.42. The molecule has 0 saturated carbocycles. The minimum absolute atomic E-state index is 0.199. The first kappa shape index (κ1) is 11.3. The maximum atomic E-state index is 10.3. The molecular formula is C13H16N4O. The van der Waals surface area contributed by atoms with E-state index in [1.54, 1.807) is 7.05 Å². The average molecular weight is 244 g/mol. The largest absolute Gasteiger partial charge is 0.392 e. The zero-order valence-electron chi connectivity index (χ0n) is 10.3. The van der Waals surface area contributed by atoms with E-state index in [-0.39, 0.29) is 5.92 Å². The van der Waals surface area contributed by atoms with Crippen LogP contribution in [-0.4, -0.2) is 31.4 Å². The predicted molar refractivity (Wildman–Crippen MR) is 66.0 cm³/mol. The molecule has 1 heterocycles. The molecule has 94 valence electrons. The van der Waals surface area contributed by atoms with E-state index in [1.807, 2.05) is 6.07 Å². The highest BCUT2D eigenvalue weighted by atomic mass is 16.3. The van der Waals surface area contributed by atoms with Crippen molar-refractivity contribution in [1.29, 1.82) is 0 Å². The number of fused-ring (bicyclic) bond motifs is 1. The van der Waals surface area contributed by atoms with Crippen molar-refractivity contribution in [2.24, 2.45) is 7.05 Å². The van der Waals surface area contributed by atoms with Gasteiger partial charge in [-0.05, 0) is 29.2 Å². The van der Waals surface area contributed by atoms with E-state index in [0.29, 0.717) is 12.2 Å². The van der Waals surface area contributed by atoms with Crippen LogP contribution in [0.3, 0.4) is 0 Å². The van der Waals surface area contributed by atoms with Crippen LogP contribution in [0.25, 0.3) is 0 Å². The lowest BCUT2D eigenvalue weighted by Crippen LogP contribution is -2.20. The molecule has 0 spiro atoms. The molecule has 18 heavy (non-hydrogen) atoms. The number of aliphatic hydroxyl groups is 1. The van der Waals surface area contributed by atoms with Gasteiger partial charge in [0.25, 0.3) is 0 Å². The lowest BCUT2D eigenvalue weighted by Gasteiger charge is -2.17. The third-order valence-corrected chi connectivity index (χ3v) is 3.59. The molecule has 0 fully saturated rings. The first-order valence-corrected chi connectivity index (χ1v) is 6.23. The molecule has 0 amide bonds. The van der Waals surface area contributed by atoms with Gasteiger partial charge in [-0.1, -0.05) is 24.3 Å². The first-order chi connectivity index (χ1) is 8.74. The van der Waals surface area contributed by atoms with E-state index in [1.165, 1.54) is 15.9 Å². The Morgan fingerprint density at radius 3 is 3.06 bits per heavy atom. The highest BCUT2D eigenvalue weighted by Crippen LogP contribution is 2.35. The van der Waals surface area contributed by atoms with Gasteiger partial charge in [-0.2, -0.15) is 4.80 Å². The van der Waals surface area contributed by atoms with E-state index in [0.717, 1.165) is 12.8 Å². The second kappa shape index (κ2) is 4.49. The van der Waals surface area contributed by atoms with Gasteiger partial charge in [-0.3, -0.25) is 0 Å². The molecule has 2 atom stereocenters. The van der Waals surface area contributed by atoms with Crippen LogP contribution < -0.4 is 0 Å². The number of aryl methyl sites for hydroxylation is 2. The van der Waals surface area contributed by atoms with Gasteiger partial charge < -0.3 is 5.11 Å². The Kier molecular flexibility index (Phi) is 2.83. The van der Waals surface area contributed by atoms with E-state index >= 15 is 0 Å². The lowest BCUT2D eigenvalue weighted by atomic mass is 9.93. The Balaban J connectivity index is 1.76. The average Bonchev–Trinajstić information content (AvgIpc) is 2.95. The number of nitrogens with zero attached hydrogens (tertiary/aromatic N) is 4. The summed E-state index contributed by atoms with van der Waals surface area (Å²) in [6, 6.07) is 8.34. The van der Waals surface area contributed by atoms with E-state index in [9.17, 15) is 5.11 Å². The Bertz CT molecular complexity index is 551. The maximum Gasteiger partial charge on any atom is 0.177 e. The van der Waals surface area contributed by atoms with Crippen LogP contribution >= 0.6 is 0 Å². The highest BCUT2D eigenvalue weighted by molar-refractivity contribution is 5.35. The van der Waals surface area contributed by atoms with Crippen molar-refractivity contribution in [2.75, 3.05) is 0 Å². The molecule has 1 aromatic carbocycles. The molecule has 5 nitrogen and oxygen atoms in total. The summed E-state index contributed by atoms with van der Waals surface area (Å²) in [6.45, 7) is 0. The minimum Gasteiger partial charge on any atom is -0.392 e. The summed E-state index contributed by atoms with van der Waals surface area (Å²) in [5.41, 5.74) is 2.63. The number of rotatable bonds is 3. The van der Waals surface area contributed by atoms with Crippen molar-refractivity contribution < 1.29 is 5.11 Å². The first-order valence-electron chi connectivity index (χ1n) is 6.23. The van der Waals surface area contributed by atoms with Crippen molar-refractivity contribution in [3.8, 4) is 0 Å². The van der Waals surface area contributed by atoms with E-state index in [2.05, 4.69) is 33.6 Å². The van der Waals surface area contributed by atoms with Crippen molar-refractivity contribution in [3.63, 3.8) is 0 Å². The van der Waals surface area contributed by atoms with Gasteiger partial charge in [-0.15, -0.1) is 10.2 Å². The second-order valence-electron chi connectivity index (χ2n) is 4.81. The van der Waals surface area contributed by atoms with Gasteiger partial charge in [0.2, 0.25) is 0 Å². The summed E-state index contributed by atoms with van der Waals surface area (Å²) in [7, 11) is 1.73. The van der Waals surface area contributed by atoms with Crippen LogP contribution in [0, 0.1) is 0 Å². The second-order valence-corrected chi connectivity index (χ2v) is 4.81. The van der Waals surface area contributed by atoms with Gasteiger partial charge in [0.15, 0.2) is 5.82 Å². The monoisotopic (exact) mass is 244 g/mol. The zero-order chi connectivity index (χ0) is 12.5. The molecule has 3 rings (SSSR count). The summed E-state index contributed by atoms with van der Waals surface area (Å²) >= 11 is 0. The summed E-state index contributed by atoms with van der Waals surface area (Å²) < 4.78 is 0. The minimum atomic E-state index is -0.433. The fourth-order valence-electron chi connectivity index (χ4n) is 2.72. The van der Waals surface area contributed by atoms with Crippen molar-refractivity contribution in [1.82, 2.24) is 20.2 Å². The molecule has 1 aliphatic rings. The van der Waals surface area contributed by atoms with Gasteiger partial charge in [0, 0.05) is 12.3 Å². The topological polar surface area (TPSA) is 63.8 Å². The highest BCUT2D eigenvalue weighted by Gasteiger charge is 2.29. The van der Waals surface area contributed by atoms with Gasteiger partial charge in [0.05, 0.1) is 13.2 Å². The molecule has 1 aliphatic carbocycles. The maximum absolute atomic E-state index is 10.3. The van der Waals surface area contributed by atoms with Crippen molar-refractivity contribution >= 4 is 0 Å². The molecule has 0 bridgehead atoms. The Hall–Kier alpha value is -1.75. The smallest absolute Gasteiger partial charge is 0.177 e. The summed E-state index contributed by atoms with van der Waals surface area (Å²) in [5, 5.41) is 22.2. The van der Waals surface area contributed by atoms with Crippen LogP contribution in [0.1, 0.15) is 29.3 Å². The number of aliphatic hydroxyl groups excluding tert-OH is 1. The third kappa shape index (κ3) is 2.01. The molecule has 0 aliphatic heterocycles. The van der Waals surface area contributed by atoms with Crippen LogP contribution in [0.5, 0.6) is 0 Å². The Labute approximate surface area is 105 Å². The quantitative estimate of drug-likeness (QED) is 0.869.